The molecule has 4 rings (SSSR count). The molecule has 0 saturated heterocycles. The zero-order valence-electron chi connectivity index (χ0n) is 17.0. The second-order valence-corrected chi connectivity index (χ2v) is 8.29. The van der Waals surface area contributed by atoms with Crippen LogP contribution in [0.25, 0.3) is 5.57 Å². The monoisotopic (exact) mass is 433 g/mol. The summed E-state index contributed by atoms with van der Waals surface area (Å²) in [5, 5.41) is 0. The third kappa shape index (κ3) is 4.25. The van der Waals surface area contributed by atoms with Gasteiger partial charge in [-0.05, 0) is 55.8 Å². The molecule has 156 valence electrons. The number of amides is 2. The van der Waals surface area contributed by atoms with Gasteiger partial charge in [-0.25, -0.2) is 9.29 Å². The molecule has 3 aromatic rings. The molecule has 0 saturated carbocycles. The Balaban J connectivity index is 1.82. The van der Waals surface area contributed by atoms with E-state index < -0.39 is 17.6 Å². The van der Waals surface area contributed by atoms with Crippen LogP contribution < -0.4 is 9.64 Å². The minimum Gasteiger partial charge on any atom is -0.489 e. The quantitative estimate of drug-likeness (QED) is 0.469. The number of anilines is 1. The number of ether oxygens (including phenoxy) is 1. The first-order valence-corrected chi connectivity index (χ1v) is 10.6. The Morgan fingerprint density at radius 1 is 0.839 bits per heavy atom. The smallest absolute Gasteiger partial charge is 0.273 e. The van der Waals surface area contributed by atoms with Crippen molar-refractivity contribution in [2.45, 2.75) is 24.8 Å². The fourth-order valence-corrected chi connectivity index (χ4v) is 4.31. The predicted molar refractivity (Wildman–Crippen MR) is 120 cm³/mol. The average molecular weight is 434 g/mol. The summed E-state index contributed by atoms with van der Waals surface area (Å²) in [6.45, 7) is 3.76. The van der Waals surface area contributed by atoms with Crippen LogP contribution in [0.15, 0.2) is 88.7 Å². The first kappa shape index (κ1) is 20.9. The Kier molecular flexibility index (Phi) is 5.91. The summed E-state index contributed by atoms with van der Waals surface area (Å²) in [7, 11) is 0. The highest BCUT2D eigenvalue weighted by Gasteiger charge is 2.41. The van der Waals surface area contributed by atoms with Gasteiger partial charge in [0.25, 0.3) is 11.8 Å². The molecule has 0 N–H and O–H groups in total. The number of carbonyl (C=O) groups excluding carboxylic acids is 2. The number of benzene rings is 3. The topological polar surface area (TPSA) is 46.6 Å². The van der Waals surface area contributed by atoms with Gasteiger partial charge in [0.15, 0.2) is 0 Å². The summed E-state index contributed by atoms with van der Waals surface area (Å²) in [6, 6.07) is 21.9. The number of rotatable bonds is 6. The van der Waals surface area contributed by atoms with Crippen LogP contribution in [0, 0.1) is 5.82 Å². The SMILES string of the molecule is CC(C)Oc1ccccc1N1C(=O)C(Sc2ccccc2)=C(c2ccc(F)cc2)C1=O. The van der Waals surface area contributed by atoms with Gasteiger partial charge in [-0.3, -0.25) is 9.59 Å². The molecule has 1 aliphatic heterocycles. The molecule has 0 aromatic heterocycles. The normalized spacial score (nSPS) is 14.0. The van der Waals surface area contributed by atoms with Gasteiger partial charge >= 0.3 is 0 Å². The van der Waals surface area contributed by atoms with Crippen molar-refractivity contribution in [2.24, 2.45) is 0 Å². The fraction of sp³-hybridized carbons (Fsp3) is 0.120. The van der Waals surface area contributed by atoms with Crippen LogP contribution in [-0.2, 0) is 9.59 Å². The Morgan fingerprint density at radius 3 is 2.16 bits per heavy atom. The molecule has 3 aromatic carbocycles. The number of carbonyl (C=O) groups is 2. The first-order valence-electron chi connectivity index (χ1n) is 9.83. The Hall–Kier alpha value is -3.38. The maximum absolute atomic E-state index is 13.5. The maximum Gasteiger partial charge on any atom is 0.273 e. The number of nitrogens with zero attached hydrogens (tertiary/aromatic N) is 1. The van der Waals surface area contributed by atoms with E-state index in [1.54, 1.807) is 24.3 Å². The van der Waals surface area contributed by atoms with E-state index in [0.29, 0.717) is 21.9 Å². The van der Waals surface area contributed by atoms with Crippen LogP contribution in [0.5, 0.6) is 5.75 Å². The molecule has 0 atom stereocenters. The zero-order valence-corrected chi connectivity index (χ0v) is 17.9. The minimum atomic E-state index is -0.463. The van der Waals surface area contributed by atoms with Crippen LogP contribution in [-0.4, -0.2) is 17.9 Å². The third-order valence-electron chi connectivity index (χ3n) is 4.61. The van der Waals surface area contributed by atoms with Crippen LogP contribution in [0.2, 0.25) is 0 Å². The van der Waals surface area contributed by atoms with E-state index in [0.717, 1.165) is 9.80 Å². The molecule has 4 nitrogen and oxygen atoms in total. The van der Waals surface area contributed by atoms with Crippen molar-refractivity contribution < 1.29 is 18.7 Å². The van der Waals surface area contributed by atoms with E-state index in [4.69, 9.17) is 4.74 Å². The molecule has 0 aliphatic carbocycles. The van der Waals surface area contributed by atoms with Gasteiger partial charge in [-0.15, -0.1) is 0 Å². The van der Waals surface area contributed by atoms with Crippen molar-refractivity contribution in [3.05, 3.63) is 95.1 Å². The summed E-state index contributed by atoms with van der Waals surface area (Å²) in [5.41, 5.74) is 1.12. The molecule has 0 fully saturated rings. The van der Waals surface area contributed by atoms with E-state index in [2.05, 4.69) is 0 Å². The van der Waals surface area contributed by atoms with Gasteiger partial charge in [0.2, 0.25) is 0 Å². The summed E-state index contributed by atoms with van der Waals surface area (Å²) in [6.07, 6.45) is -0.128. The molecule has 0 radical (unpaired) electrons. The second kappa shape index (κ2) is 8.78. The Labute approximate surface area is 184 Å². The molecule has 0 unspecified atom stereocenters. The van der Waals surface area contributed by atoms with Crippen LogP contribution >= 0.6 is 11.8 Å². The second-order valence-electron chi connectivity index (χ2n) is 7.21. The highest BCUT2D eigenvalue weighted by atomic mass is 32.2. The molecule has 2 amide bonds. The van der Waals surface area contributed by atoms with Gasteiger partial charge in [-0.2, -0.15) is 0 Å². The summed E-state index contributed by atoms with van der Waals surface area (Å²) < 4.78 is 19.4. The number of hydrogen-bond donors (Lipinski definition) is 0. The average Bonchev–Trinajstić information content (AvgIpc) is 2.99. The van der Waals surface area contributed by atoms with Gasteiger partial charge in [0.05, 0.1) is 22.3 Å². The standard InChI is InChI=1S/C25H20FNO3S/c1-16(2)30-21-11-7-6-10-20(21)27-24(28)22(17-12-14-18(26)15-13-17)23(25(27)29)31-19-8-4-3-5-9-19/h3-16H,1-2H3. The molecule has 0 bridgehead atoms. The van der Waals surface area contributed by atoms with Gasteiger partial charge < -0.3 is 4.74 Å². The fourth-order valence-electron chi connectivity index (χ4n) is 3.30. The Bertz CT molecular complexity index is 1160. The lowest BCUT2D eigenvalue weighted by atomic mass is 10.1. The highest BCUT2D eigenvalue weighted by molar-refractivity contribution is 8.04. The van der Waals surface area contributed by atoms with Crippen molar-refractivity contribution in [3.63, 3.8) is 0 Å². The van der Waals surface area contributed by atoms with Gasteiger partial charge in [0.1, 0.15) is 11.6 Å². The number of thioether (sulfide) groups is 1. The summed E-state index contributed by atoms with van der Waals surface area (Å²) in [4.78, 5) is 29.3. The van der Waals surface area contributed by atoms with E-state index in [9.17, 15) is 14.0 Å². The molecule has 0 spiro atoms. The van der Waals surface area contributed by atoms with Crippen LogP contribution in [0.4, 0.5) is 10.1 Å². The lowest BCUT2D eigenvalue weighted by Gasteiger charge is -2.20. The lowest BCUT2D eigenvalue weighted by Crippen LogP contribution is -2.32. The van der Waals surface area contributed by atoms with Gasteiger partial charge in [0, 0.05) is 4.90 Å². The maximum atomic E-state index is 13.5. The number of halogens is 1. The third-order valence-corrected chi connectivity index (χ3v) is 5.70. The predicted octanol–water partition coefficient (Wildman–Crippen LogP) is 5.69. The molecule has 31 heavy (non-hydrogen) atoms. The molecule has 1 heterocycles. The van der Waals surface area contributed by atoms with E-state index in [-0.39, 0.29) is 11.7 Å². The largest absolute Gasteiger partial charge is 0.489 e. The summed E-state index contributed by atoms with van der Waals surface area (Å²) in [5.74, 6) is -0.859. The highest BCUT2D eigenvalue weighted by Crippen LogP contribution is 2.43. The van der Waals surface area contributed by atoms with Crippen molar-refractivity contribution in [1.82, 2.24) is 0 Å². The molecular formula is C25H20FNO3S. The van der Waals surface area contributed by atoms with E-state index in [1.165, 1.54) is 36.0 Å². The molecule has 1 aliphatic rings. The molecular weight excluding hydrogens is 413 g/mol. The lowest BCUT2D eigenvalue weighted by molar-refractivity contribution is -0.119. The van der Waals surface area contributed by atoms with E-state index in [1.807, 2.05) is 44.2 Å². The van der Waals surface area contributed by atoms with Crippen molar-refractivity contribution in [2.75, 3.05) is 4.90 Å². The molecule has 6 heteroatoms. The van der Waals surface area contributed by atoms with Crippen molar-refractivity contribution in [1.29, 1.82) is 0 Å². The van der Waals surface area contributed by atoms with Crippen molar-refractivity contribution in [3.8, 4) is 5.75 Å². The summed E-state index contributed by atoms with van der Waals surface area (Å²) >= 11 is 1.22. The number of para-hydroxylation sites is 2. The van der Waals surface area contributed by atoms with Crippen LogP contribution in [0.1, 0.15) is 19.4 Å². The number of imide groups is 1. The van der Waals surface area contributed by atoms with E-state index >= 15 is 0 Å². The van der Waals surface area contributed by atoms with Gasteiger partial charge in [-0.1, -0.05) is 54.2 Å². The van der Waals surface area contributed by atoms with Crippen molar-refractivity contribution >= 4 is 34.8 Å². The zero-order chi connectivity index (χ0) is 22.0. The number of hydrogen-bond acceptors (Lipinski definition) is 4. The minimum absolute atomic E-state index is 0.128. The van der Waals surface area contributed by atoms with Crippen LogP contribution in [0.3, 0.4) is 0 Å². The Morgan fingerprint density at radius 2 is 1.48 bits per heavy atom. The first-order chi connectivity index (χ1) is 15.0.